The Bertz CT molecular complexity index is 1440. The number of aryl methyl sites for hydroxylation is 1. The molecule has 5 rings (SSSR count). The van der Waals surface area contributed by atoms with E-state index in [4.69, 9.17) is 13.9 Å². The minimum Gasteiger partial charge on any atom is -0.494 e. The predicted molar refractivity (Wildman–Crippen MR) is 135 cm³/mol. The van der Waals surface area contributed by atoms with Crippen molar-refractivity contribution < 1.29 is 13.9 Å². The third-order valence-corrected chi connectivity index (χ3v) is 5.45. The third-order valence-electron chi connectivity index (χ3n) is 5.45. The van der Waals surface area contributed by atoms with Crippen molar-refractivity contribution in [2.24, 2.45) is 4.99 Å². The van der Waals surface area contributed by atoms with E-state index >= 15 is 0 Å². The first-order chi connectivity index (χ1) is 16.7. The molecule has 5 nitrogen and oxygen atoms in total. The Labute approximate surface area is 198 Å². The zero-order valence-corrected chi connectivity index (χ0v) is 19.1. The van der Waals surface area contributed by atoms with Gasteiger partial charge in [-0.15, -0.1) is 0 Å². The number of methoxy groups -OCH3 is 1. The van der Waals surface area contributed by atoms with Gasteiger partial charge in [0, 0.05) is 11.8 Å². The van der Waals surface area contributed by atoms with Crippen LogP contribution in [-0.2, 0) is 6.61 Å². The Morgan fingerprint density at radius 1 is 0.912 bits per heavy atom. The second kappa shape index (κ2) is 9.63. The third kappa shape index (κ3) is 4.84. The molecule has 0 aliphatic carbocycles. The van der Waals surface area contributed by atoms with Gasteiger partial charge in [-0.3, -0.25) is 4.99 Å². The standard InChI is InChI=1S/C29H24N2O3/c1-20-8-14-28-26(16-20)31-29(34-28)23-11-15-27(32-2)25(17-23)30-18-21-9-12-24(13-10-21)33-19-22-6-4-3-5-7-22/h3-18H,19H2,1-2H3. The summed E-state index contributed by atoms with van der Waals surface area (Å²) in [5.74, 6) is 2.04. The molecule has 4 aromatic carbocycles. The van der Waals surface area contributed by atoms with Gasteiger partial charge in [-0.2, -0.15) is 0 Å². The Morgan fingerprint density at radius 3 is 2.53 bits per heavy atom. The van der Waals surface area contributed by atoms with E-state index in [0.29, 0.717) is 23.9 Å². The van der Waals surface area contributed by atoms with Crippen molar-refractivity contribution in [3.05, 3.63) is 108 Å². The summed E-state index contributed by atoms with van der Waals surface area (Å²) in [7, 11) is 1.63. The van der Waals surface area contributed by atoms with Crippen LogP contribution in [0.1, 0.15) is 16.7 Å². The molecule has 0 radical (unpaired) electrons. The maximum atomic E-state index is 5.95. The molecule has 5 aromatic rings. The lowest BCUT2D eigenvalue weighted by molar-refractivity contribution is 0.306. The van der Waals surface area contributed by atoms with E-state index in [2.05, 4.69) is 9.98 Å². The first kappa shape index (κ1) is 21.5. The quantitative estimate of drug-likeness (QED) is 0.248. The number of aliphatic imine (C=N–C) groups is 1. The lowest BCUT2D eigenvalue weighted by Gasteiger charge is -2.07. The zero-order chi connectivity index (χ0) is 23.3. The molecule has 34 heavy (non-hydrogen) atoms. The van der Waals surface area contributed by atoms with Crippen LogP contribution < -0.4 is 9.47 Å². The van der Waals surface area contributed by atoms with Crippen LogP contribution in [0.25, 0.3) is 22.6 Å². The molecular formula is C29H24N2O3. The minimum atomic E-state index is 0.535. The Kier molecular flexibility index (Phi) is 6.08. The Hall–Kier alpha value is -4.38. The van der Waals surface area contributed by atoms with Crippen molar-refractivity contribution in [1.82, 2.24) is 4.98 Å². The van der Waals surface area contributed by atoms with Crippen LogP contribution in [0.2, 0.25) is 0 Å². The van der Waals surface area contributed by atoms with Gasteiger partial charge >= 0.3 is 0 Å². The molecule has 0 bridgehead atoms. The zero-order valence-electron chi connectivity index (χ0n) is 19.1. The SMILES string of the molecule is COc1ccc(-c2nc3cc(C)ccc3o2)cc1N=Cc1ccc(OCc2ccccc2)cc1. The highest BCUT2D eigenvalue weighted by atomic mass is 16.5. The molecule has 168 valence electrons. The maximum Gasteiger partial charge on any atom is 0.227 e. The second-order valence-corrected chi connectivity index (χ2v) is 7.98. The normalized spacial score (nSPS) is 11.2. The number of hydrogen-bond donors (Lipinski definition) is 0. The molecule has 0 fully saturated rings. The van der Waals surface area contributed by atoms with Crippen molar-refractivity contribution in [2.75, 3.05) is 7.11 Å². The molecule has 1 aromatic heterocycles. The molecule has 0 amide bonds. The summed E-state index contributed by atoms with van der Waals surface area (Å²) >= 11 is 0. The van der Waals surface area contributed by atoms with Crippen LogP contribution in [0.4, 0.5) is 5.69 Å². The van der Waals surface area contributed by atoms with Crippen molar-refractivity contribution in [3.8, 4) is 23.0 Å². The summed E-state index contributed by atoms with van der Waals surface area (Å²) in [6, 6.07) is 29.6. The summed E-state index contributed by atoms with van der Waals surface area (Å²) < 4.78 is 17.3. The molecule has 0 atom stereocenters. The first-order valence-corrected chi connectivity index (χ1v) is 11.0. The summed E-state index contributed by atoms with van der Waals surface area (Å²) in [6.45, 7) is 2.57. The van der Waals surface area contributed by atoms with Crippen LogP contribution in [-0.4, -0.2) is 18.3 Å². The van der Waals surface area contributed by atoms with Gasteiger partial charge in [0.1, 0.15) is 29.3 Å². The van der Waals surface area contributed by atoms with E-state index in [9.17, 15) is 0 Å². The lowest BCUT2D eigenvalue weighted by atomic mass is 10.2. The number of ether oxygens (including phenoxy) is 2. The van der Waals surface area contributed by atoms with E-state index < -0.39 is 0 Å². The highest BCUT2D eigenvalue weighted by molar-refractivity contribution is 5.84. The fourth-order valence-corrected chi connectivity index (χ4v) is 3.62. The second-order valence-electron chi connectivity index (χ2n) is 7.98. The van der Waals surface area contributed by atoms with Gasteiger partial charge in [-0.05, 0) is 78.2 Å². The largest absolute Gasteiger partial charge is 0.494 e. The van der Waals surface area contributed by atoms with Crippen LogP contribution in [0, 0.1) is 6.92 Å². The smallest absolute Gasteiger partial charge is 0.227 e. The molecule has 0 aliphatic heterocycles. The van der Waals surface area contributed by atoms with E-state index in [0.717, 1.165) is 39.1 Å². The van der Waals surface area contributed by atoms with E-state index in [1.54, 1.807) is 13.3 Å². The van der Waals surface area contributed by atoms with Crippen molar-refractivity contribution in [1.29, 1.82) is 0 Å². The molecule has 0 unspecified atom stereocenters. The Balaban J connectivity index is 1.34. The molecule has 0 saturated heterocycles. The average molecular weight is 449 g/mol. The number of benzene rings is 4. The maximum absolute atomic E-state index is 5.95. The molecule has 0 N–H and O–H groups in total. The van der Waals surface area contributed by atoms with Gasteiger partial charge in [-0.25, -0.2) is 4.98 Å². The average Bonchev–Trinajstić information content (AvgIpc) is 3.30. The fourth-order valence-electron chi connectivity index (χ4n) is 3.62. The number of nitrogens with zero attached hydrogens (tertiary/aromatic N) is 2. The molecule has 0 spiro atoms. The van der Waals surface area contributed by atoms with E-state index in [1.165, 1.54) is 0 Å². The summed E-state index contributed by atoms with van der Waals surface area (Å²) in [6.07, 6.45) is 1.80. The molecular weight excluding hydrogens is 424 g/mol. The lowest BCUT2D eigenvalue weighted by Crippen LogP contribution is -1.95. The highest BCUT2D eigenvalue weighted by Crippen LogP contribution is 2.34. The summed E-state index contributed by atoms with van der Waals surface area (Å²) in [4.78, 5) is 9.30. The van der Waals surface area contributed by atoms with Gasteiger partial charge in [-0.1, -0.05) is 36.4 Å². The van der Waals surface area contributed by atoms with Crippen LogP contribution in [0.15, 0.2) is 100 Å². The highest BCUT2D eigenvalue weighted by Gasteiger charge is 2.11. The van der Waals surface area contributed by atoms with Crippen molar-refractivity contribution in [3.63, 3.8) is 0 Å². The molecule has 0 aliphatic rings. The number of rotatable bonds is 7. The first-order valence-electron chi connectivity index (χ1n) is 11.0. The Morgan fingerprint density at radius 2 is 1.74 bits per heavy atom. The number of aromatic nitrogens is 1. The number of oxazole rings is 1. The predicted octanol–water partition coefficient (Wildman–Crippen LogP) is 7.14. The van der Waals surface area contributed by atoms with Crippen LogP contribution in [0.3, 0.4) is 0 Å². The van der Waals surface area contributed by atoms with E-state index in [1.807, 2.05) is 97.9 Å². The molecule has 1 heterocycles. The monoisotopic (exact) mass is 448 g/mol. The number of fused-ring (bicyclic) bond motifs is 1. The topological polar surface area (TPSA) is 56.9 Å². The summed E-state index contributed by atoms with van der Waals surface area (Å²) in [5, 5.41) is 0. The van der Waals surface area contributed by atoms with Gasteiger partial charge in [0.15, 0.2) is 5.58 Å². The van der Waals surface area contributed by atoms with Gasteiger partial charge < -0.3 is 13.9 Å². The van der Waals surface area contributed by atoms with Crippen molar-refractivity contribution in [2.45, 2.75) is 13.5 Å². The number of hydrogen-bond acceptors (Lipinski definition) is 5. The van der Waals surface area contributed by atoms with Crippen molar-refractivity contribution >= 4 is 23.0 Å². The van der Waals surface area contributed by atoms with Crippen LogP contribution >= 0.6 is 0 Å². The summed E-state index contributed by atoms with van der Waals surface area (Å²) in [5.41, 5.74) is 6.37. The minimum absolute atomic E-state index is 0.535. The molecule has 5 heteroatoms. The van der Waals surface area contributed by atoms with Gasteiger partial charge in [0.05, 0.1) is 7.11 Å². The van der Waals surface area contributed by atoms with E-state index in [-0.39, 0.29) is 0 Å². The fraction of sp³-hybridized carbons (Fsp3) is 0.103. The van der Waals surface area contributed by atoms with Gasteiger partial charge in [0.25, 0.3) is 0 Å². The van der Waals surface area contributed by atoms with Gasteiger partial charge in [0.2, 0.25) is 5.89 Å². The van der Waals surface area contributed by atoms with Crippen LogP contribution in [0.5, 0.6) is 11.5 Å². The molecule has 0 saturated carbocycles.